The van der Waals surface area contributed by atoms with Gasteiger partial charge in [-0.25, -0.2) is 0 Å². The molecule has 1 saturated carbocycles. The Labute approximate surface area is 212 Å². The van der Waals surface area contributed by atoms with Gasteiger partial charge in [0.25, 0.3) is 10.0 Å². The van der Waals surface area contributed by atoms with Gasteiger partial charge in [-0.2, -0.15) is 18.4 Å². The Morgan fingerprint density at radius 2 is 1.31 bits per heavy atom. The van der Waals surface area contributed by atoms with Crippen molar-refractivity contribution in [2.45, 2.75) is 129 Å². The Hall–Kier alpha value is -1.28. The fourth-order valence-electron chi connectivity index (χ4n) is 4.11. The van der Waals surface area contributed by atoms with E-state index in [2.05, 4.69) is 29.0 Å². The molecule has 0 radical (unpaired) electrons. The first-order chi connectivity index (χ1) is 16.0. The molecule has 35 heavy (non-hydrogen) atoms. The smallest absolute Gasteiger partial charge is 0.304 e. The van der Waals surface area contributed by atoms with Crippen LogP contribution in [0.25, 0.3) is 0 Å². The third-order valence-corrected chi connectivity index (χ3v) is 10.4. The molecule has 1 N–H and O–H groups in total. The molecule has 10 heteroatoms. The van der Waals surface area contributed by atoms with Gasteiger partial charge < -0.3 is 9.05 Å². The maximum absolute atomic E-state index is 13.8. The van der Waals surface area contributed by atoms with E-state index < -0.39 is 22.9 Å². The van der Waals surface area contributed by atoms with Crippen LogP contribution in [0.15, 0.2) is 27.4 Å². The van der Waals surface area contributed by atoms with Crippen LogP contribution in [0.3, 0.4) is 0 Å². The van der Waals surface area contributed by atoms with Crippen LogP contribution < -0.4 is 4.83 Å². The highest BCUT2D eigenvalue weighted by Gasteiger charge is 2.57. The van der Waals surface area contributed by atoms with E-state index in [1.807, 2.05) is 39.8 Å². The van der Waals surface area contributed by atoms with Crippen molar-refractivity contribution in [1.82, 2.24) is 4.83 Å². The van der Waals surface area contributed by atoms with E-state index in [1.54, 1.807) is 27.7 Å². The lowest BCUT2D eigenvalue weighted by Crippen LogP contribution is -2.38. The van der Waals surface area contributed by atoms with E-state index in [0.717, 1.165) is 23.1 Å². The Morgan fingerprint density at radius 3 is 1.63 bits per heavy atom. The van der Waals surface area contributed by atoms with Crippen LogP contribution in [-0.2, 0) is 23.6 Å². The molecule has 0 bridgehead atoms. The molecule has 1 fully saturated rings. The van der Waals surface area contributed by atoms with Crippen LogP contribution in [0, 0.1) is 0 Å². The first-order valence-corrected chi connectivity index (χ1v) is 15.7. The highest BCUT2D eigenvalue weighted by atomic mass is 32.2. The molecule has 0 atom stereocenters. The van der Waals surface area contributed by atoms with Gasteiger partial charge in [0.05, 0.1) is 17.1 Å². The van der Waals surface area contributed by atoms with Crippen molar-refractivity contribution in [3.63, 3.8) is 0 Å². The van der Waals surface area contributed by atoms with Crippen LogP contribution in [0.1, 0.15) is 123 Å². The molecular weight excluding hydrogens is 485 g/mol. The van der Waals surface area contributed by atoms with E-state index >= 15 is 0 Å². The molecule has 0 unspecified atom stereocenters. The standard InChI is InChI=1S/C25H44N3O5PS/c1-16(2)21-14-22(17(3)4)24(23(15-21)18(5)6)35(30,31)28-27-26-25(12-11-13-25)34(29,32-19(7)8)33-20(9)10/h14-20H,11-13H2,1-10H3,(H,26,28). The largest absolute Gasteiger partial charge is 0.360 e. The van der Waals surface area contributed by atoms with Crippen LogP contribution in [-0.4, -0.2) is 25.9 Å². The quantitative estimate of drug-likeness (QED) is 0.170. The van der Waals surface area contributed by atoms with Crippen molar-refractivity contribution >= 4 is 17.6 Å². The van der Waals surface area contributed by atoms with Crippen molar-refractivity contribution in [1.29, 1.82) is 0 Å². The summed E-state index contributed by atoms with van der Waals surface area (Å²) in [5.41, 5.74) is 2.60. The highest BCUT2D eigenvalue weighted by Crippen LogP contribution is 2.69. The molecule has 1 aromatic rings. The lowest BCUT2D eigenvalue weighted by atomic mass is 9.89. The number of hydrogen-bond acceptors (Lipinski definition) is 7. The summed E-state index contributed by atoms with van der Waals surface area (Å²) >= 11 is 0. The molecule has 0 saturated heterocycles. The van der Waals surface area contributed by atoms with Crippen molar-refractivity contribution in [3.8, 4) is 0 Å². The zero-order valence-corrected chi connectivity index (χ0v) is 24.7. The van der Waals surface area contributed by atoms with E-state index in [1.165, 1.54) is 0 Å². The van der Waals surface area contributed by atoms with Gasteiger partial charge in [-0.1, -0.05) is 58.9 Å². The second kappa shape index (κ2) is 11.4. The second-order valence-corrected chi connectivity index (χ2v) is 14.8. The molecule has 1 aromatic carbocycles. The van der Waals surface area contributed by atoms with Crippen LogP contribution in [0.5, 0.6) is 0 Å². The fourth-order valence-corrected chi connectivity index (χ4v) is 8.13. The summed E-state index contributed by atoms with van der Waals surface area (Å²) in [4.78, 5) is 2.56. The first kappa shape index (κ1) is 29.9. The summed E-state index contributed by atoms with van der Waals surface area (Å²) < 4.78 is 52.4. The molecule has 0 aromatic heterocycles. The third kappa shape index (κ3) is 6.73. The topological polar surface area (TPSA) is 106 Å². The maximum Gasteiger partial charge on any atom is 0.360 e. The van der Waals surface area contributed by atoms with E-state index in [9.17, 15) is 13.0 Å². The van der Waals surface area contributed by atoms with Gasteiger partial charge in [-0.3, -0.25) is 4.57 Å². The molecule has 2 rings (SSSR count). The lowest BCUT2D eigenvalue weighted by Gasteiger charge is -2.42. The van der Waals surface area contributed by atoms with Crippen molar-refractivity contribution in [2.75, 3.05) is 0 Å². The Morgan fingerprint density at radius 1 is 0.857 bits per heavy atom. The van der Waals surface area contributed by atoms with Crippen molar-refractivity contribution in [3.05, 3.63) is 28.8 Å². The predicted octanol–water partition coefficient (Wildman–Crippen LogP) is 7.63. The molecule has 0 heterocycles. The second-order valence-electron chi connectivity index (χ2n) is 10.9. The Balaban J connectivity index is 2.50. The Kier molecular flexibility index (Phi) is 9.76. The average molecular weight is 530 g/mol. The molecule has 1 aliphatic rings. The van der Waals surface area contributed by atoms with Crippen molar-refractivity contribution in [2.24, 2.45) is 10.3 Å². The van der Waals surface area contributed by atoms with Crippen LogP contribution >= 0.6 is 7.60 Å². The predicted molar refractivity (Wildman–Crippen MR) is 141 cm³/mol. The first-order valence-electron chi connectivity index (χ1n) is 12.6. The molecule has 0 spiro atoms. The number of nitrogens with one attached hydrogen (secondary N) is 1. The van der Waals surface area contributed by atoms with Crippen LogP contribution in [0.4, 0.5) is 0 Å². The molecule has 1 aliphatic carbocycles. The minimum Gasteiger partial charge on any atom is -0.304 e. The van der Waals surface area contributed by atoms with Gasteiger partial charge >= 0.3 is 7.60 Å². The van der Waals surface area contributed by atoms with Crippen LogP contribution in [0.2, 0.25) is 0 Å². The van der Waals surface area contributed by atoms with Gasteiger partial charge in [-0.05, 0) is 81.4 Å². The zero-order chi connectivity index (χ0) is 26.8. The SMILES string of the molecule is CC(C)OP(=O)(OC(C)C)C1(/N=N/NS(=O)(=O)c2c(C(C)C)cc(C(C)C)cc2C(C)C)CCC1. The monoisotopic (exact) mass is 529 g/mol. The molecule has 0 amide bonds. The van der Waals surface area contributed by atoms with Gasteiger partial charge in [0, 0.05) is 0 Å². The minimum absolute atomic E-state index is 0.00760. The summed E-state index contributed by atoms with van der Waals surface area (Å²) in [6.45, 7) is 19.2. The highest BCUT2D eigenvalue weighted by molar-refractivity contribution is 7.89. The summed E-state index contributed by atoms with van der Waals surface area (Å²) in [7, 11) is -7.72. The summed E-state index contributed by atoms with van der Waals surface area (Å²) in [5, 5.41) is 6.99. The van der Waals surface area contributed by atoms with Gasteiger partial charge in [0.2, 0.25) is 0 Å². The van der Waals surface area contributed by atoms with E-state index in [4.69, 9.17) is 9.05 Å². The van der Waals surface area contributed by atoms with E-state index in [0.29, 0.717) is 12.8 Å². The lowest BCUT2D eigenvalue weighted by molar-refractivity contribution is 0.109. The number of benzene rings is 1. The number of nitrogens with zero attached hydrogens (tertiary/aromatic N) is 2. The Bertz CT molecular complexity index is 1020. The number of rotatable bonds is 12. The normalized spacial score (nSPS) is 16.8. The summed E-state index contributed by atoms with van der Waals surface area (Å²) in [6, 6.07) is 3.95. The number of sulfonamides is 1. The maximum atomic E-state index is 13.8. The zero-order valence-electron chi connectivity index (χ0n) is 23.0. The minimum atomic E-state index is -4.03. The summed E-state index contributed by atoms with van der Waals surface area (Å²) in [5.74, 6) is 0.252. The van der Waals surface area contributed by atoms with E-state index in [-0.39, 0.29) is 34.9 Å². The van der Waals surface area contributed by atoms with Gasteiger partial charge in [0.15, 0.2) is 5.28 Å². The van der Waals surface area contributed by atoms with Gasteiger partial charge in [0.1, 0.15) is 0 Å². The molecular formula is C25H44N3O5PS. The average Bonchev–Trinajstić information content (AvgIpc) is 2.67. The molecule has 8 nitrogen and oxygen atoms in total. The third-order valence-electron chi connectivity index (χ3n) is 6.11. The van der Waals surface area contributed by atoms with Crippen molar-refractivity contribution < 1.29 is 22.0 Å². The van der Waals surface area contributed by atoms with Gasteiger partial charge in [-0.15, -0.1) is 0 Å². The molecule has 0 aliphatic heterocycles. The number of hydrogen-bond donors (Lipinski definition) is 1. The summed E-state index contributed by atoms with van der Waals surface area (Å²) in [6.07, 6.45) is 1.000. The fraction of sp³-hybridized carbons (Fsp3) is 0.760. The molecule has 200 valence electrons.